The third-order valence-electron chi connectivity index (χ3n) is 0.232. The summed E-state index contributed by atoms with van der Waals surface area (Å²) in [7, 11) is 1.21. The van der Waals surface area contributed by atoms with Gasteiger partial charge in [-0.1, -0.05) is 0 Å². The van der Waals surface area contributed by atoms with Gasteiger partial charge in [0.1, 0.15) is 0 Å². The molecule has 0 spiro atoms. The van der Waals surface area contributed by atoms with Crippen molar-refractivity contribution in [1.29, 1.82) is 0 Å². The van der Waals surface area contributed by atoms with E-state index in [2.05, 4.69) is 13.0 Å². The minimum atomic E-state index is -3.38. The van der Waals surface area contributed by atoms with E-state index in [9.17, 15) is 8.42 Å². The molecule has 0 aliphatic rings. The van der Waals surface area contributed by atoms with E-state index in [4.69, 9.17) is 0 Å². The normalized spacial score (nSPS) is 11.5. The molecule has 0 aromatic carbocycles. The van der Waals surface area contributed by atoms with Crippen LogP contribution in [0.4, 0.5) is 0 Å². The first-order valence-electron chi connectivity index (χ1n) is 1.27. The molecule has 0 bridgehead atoms. The molecule has 0 aliphatic heterocycles. The van der Waals surface area contributed by atoms with Crippen molar-refractivity contribution in [3.63, 3.8) is 0 Å². The highest BCUT2D eigenvalue weighted by atomic mass is 32.2. The summed E-state index contributed by atoms with van der Waals surface area (Å²) in [5.41, 5.74) is -0.479. The zero-order valence-electron chi connectivity index (χ0n) is 3.09. The van der Waals surface area contributed by atoms with Crippen LogP contribution in [0, 0.1) is 0 Å². The lowest BCUT2D eigenvalue weighted by Gasteiger charge is -1.81. The summed E-state index contributed by atoms with van der Waals surface area (Å²) in [6.45, 7) is 0. The van der Waals surface area contributed by atoms with Gasteiger partial charge in [-0.3, -0.25) is 0 Å². The molecule has 0 amide bonds. The van der Waals surface area contributed by atoms with Gasteiger partial charge in [-0.2, -0.15) is 0 Å². The molecule has 0 saturated heterocycles. The number of sulfonamides is 1. The Morgan fingerprint density at radius 1 is 1.67 bits per heavy atom. The zero-order valence-corrected chi connectivity index (χ0v) is 3.90. The van der Waals surface area contributed by atoms with Gasteiger partial charge >= 0.3 is 0 Å². The molecule has 0 aromatic heterocycles. The van der Waals surface area contributed by atoms with Gasteiger partial charge in [0.2, 0.25) is 10.0 Å². The maximum Gasteiger partial charge on any atom is 0.200 e. The van der Waals surface area contributed by atoms with Crippen LogP contribution in [-0.2, 0) is 10.0 Å². The van der Waals surface area contributed by atoms with E-state index in [0.717, 1.165) is 0 Å². The summed E-state index contributed by atoms with van der Waals surface area (Å²) in [5.74, 6) is 0. The van der Waals surface area contributed by atoms with Crippen LogP contribution in [0.2, 0.25) is 0 Å². The minimum absolute atomic E-state index is 0.479. The predicted molar refractivity (Wildman–Crippen MR) is 23.7 cm³/mol. The van der Waals surface area contributed by atoms with Gasteiger partial charge in [0.05, 0.1) is 7.85 Å². The van der Waals surface area contributed by atoms with E-state index in [1.54, 1.807) is 0 Å². The number of hydrogen-bond donors (Lipinski definition) is 1. The van der Waals surface area contributed by atoms with Gasteiger partial charge in [-0.25, -0.2) is 13.6 Å². The van der Waals surface area contributed by atoms with Crippen molar-refractivity contribution in [2.45, 2.75) is 0 Å². The Morgan fingerprint density at radius 2 is 1.83 bits per heavy atom. The lowest BCUT2D eigenvalue weighted by atomic mass is 10.2. The van der Waals surface area contributed by atoms with E-state index in [-0.39, 0.29) is 0 Å². The molecule has 0 heterocycles. The van der Waals surface area contributed by atoms with Crippen LogP contribution < -0.4 is 5.14 Å². The molecule has 2 radical (unpaired) electrons. The SMILES string of the molecule is [B]CS(N)(=O)=O. The van der Waals surface area contributed by atoms with E-state index >= 15 is 0 Å². The second-order valence-corrected chi connectivity index (χ2v) is 2.49. The van der Waals surface area contributed by atoms with Gasteiger partial charge in [0.25, 0.3) is 0 Å². The summed E-state index contributed by atoms with van der Waals surface area (Å²) in [6.07, 6.45) is 0. The first-order chi connectivity index (χ1) is 2.56. The summed E-state index contributed by atoms with van der Waals surface area (Å²) in [4.78, 5) is 0. The van der Waals surface area contributed by atoms with E-state index < -0.39 is 15.7 Å². The molecule has 0 unspecified atom stereocenters. The number of hydrogen-bond acceptors (Lipinski definition) is 2. The highest BCUT2D eigenvalue weighted by Crippen LogP contribution is 1.63. The molecule has 3 nitrogen and oxygen atoms in total. The van der Waals surface area contributed by atoms with Crippen LogP contribution in [0.5, 0.6) is 0 Å². The molecule has 0 saturated carbocycles. The van der Waals surface area contributed by atoms with Crippen LogP contribution in [0.25, 0.3) is 0 Å². The van der Waals surface area contributed by atoms with E-state index in [1.165, 1.54) is 0 Å². The first-order valence-corrected chi connectivity index (χ1v) is 2.98. The molecule has 2 N–H and O–H groups in total. The van der Waals surface area contributed by atoms with Crippen molar-refractivity contribution in [3.05, 3.63) is 0 Å². The fraction of sp³-hybridized carbons (Fsp3) is 1.00. The third-order valence-corrected chi connectivity index (χ3v) is 0.697. The lowest BCUT2D eigenvalue weighted by Crippen LogP contribution is -2.15. The molecule has 0 fully saturated rings. The Kier molecular flexibility index (Phi) is 1.61. The summed E-state index contributed by atoms with van der Waals surface area (Å²) >= 11 is 0. The van der Waals surface area contributed by atoms with Crippen molar-refractivity contribution in [2.75, 3.05) is 5.65 Å². The van der Waals surface area contributed by atoms with Gasteiger partial charge in [0, 0.05) is 5.65 Å². The molecule has 0 aromatic rings. The molecular weight excluding hydrogens is 101 g/mol. The molecule has 6 heavy (non-hydrogen) atoms. The average Bonchev–Trinajstić information content (AvgIpc) is 1.35. The van der Waals surface area contributed by atoms with Crippen LogP contribution in [0.1, 0.15) is 0 Å². The number of rotatable bonds is 1. The van der Waals surface area contributed by atoms with Gasteiger partial charge in [0.15, 0.2) is 0 Å². The second kappa shape index (κ2) is 1.62. The Hall–Kier alpha value is -0.0251. The Bertz CT molecular complexity index is 116. The van der Waals surface area contributed by atoms with Crippen molar-refractivity contribution in [1.82, 2.24) is 0 Å². The van der Waals surface area contributed by atoms with Gasteiger partial charge < -0.3 is 0 Å². The summed E-state index contributed by atoms with van der Waals surface area (Å²) < 4.78 is 19.3. The molecule has 0 aliphatic carbocycles. The fourth-order valence-corrected chi connectivity index (χ4v) is 0. The van der Waals surface area contributed by atoms with E-state index in [0.29, 0.717) is 0 Å². The monoisotopic (exact) mass is 105 g/mol. The van der Waals surface area contributed by atoms with E-state index in [1.807, 2.05) is 0 Å². The first kappa shape index (κ1) is 5.97. The molecule has 5 heteroatoms. The maximum atomic E-state index is 9.65. The largest absolute Gasteiger partial charge is 0.229 e. The maximum absolute atomic E-state index is 9.65. The Balaban J connectivity index is 3.85. The average molecular weight is 105 g/mol. The number of primary sulfonamides is 1. The third kappa shape index (κ3) is 3.97. The molecule has 0 atom stereocenters. The van der Waals surface area contributed by atoms with Crippen molar-refractivity contribution in [2.24, 2.45) is 5.14 Å². The fourth-order valence-electron chi connectivity index (χ4n) is 0. The van der Waals surface area contributed by atoms with Crippen molar-refractivity contribution in [3.8, 4) is 0 Å². The van der Waals surface area contributed by atoms with Crippen LogP contribution in [0.15, 0.2) is 0 Å². The minimum Gasteiger partial charge on any atom is -0.229 e. The van der Waals surface area contributed by atoms with Crippen molar-refractivity contribution >= 4 is 17.9 Å². The Morgan fingerprint density at radius 3 is 1.83 bits per heavy atom. The second-order valence-electron chi connectivity index (χ2n) is 0.830. The standard InChI is InChI=1S/CH4BNO2S/c2-1-6(3,4)5/h1H2,(H2,3,4,5). The van der Waals surface area contributed by atoms with Crippen LogP contribution >= 0.6 is 0 Å². The highest BCUT2D eigenvalue weighted by Gasteiger charge is 1.90. The Labute approximate surface area is 38.0 Å². The predicted octanol–water partition coefficient (Wildman–Crippen LogP) is -1.60. The molecule has 34 valence electrons. The van der Waals surface area contributed by atoms with Crippen molar-refractivity contribution < 1.29 is 8.42 Å². The van der Waals surface area contributed by atoms with Crippen LogP contribution in [0.3, 0.4) is 0 Å². The quantitative estimate of drug-likeness (QED) is 0.408. The number of nitrogens with two attached hydrogens (primary N) is 1. The highest BCUT2D eigenvalue weighted by molar-refractivity contribution is 7.90. The molecular formula is CH4BNO2S. The van der Waals surface area contributed by atoms with Gasteiger partial charge in [-0.05, 0) is 0 Å². The summed E-state index contributed by atoms with van der Waals surface area (Å²) in [5, 5.41) is 4.38. The summed E-state index contributed by atoms with van der Waals surface area (Å²) in [6, 6.07) is 0. The molecule has 0 rings (SSSR count). The smallest absolute Gasteiger partial charge is 0.200 e. The topological polar surface area (TPSA) is 60.2 Å². The van der Waals surface area contributed by atoms with Crippen LogP contribution in [-0.4, -0.2) is 21.9 Å². The zero-order chi connectivity index (χ0) is 5.21. The lowest BCUT2D eigenvalue weighted by molar-refractivity contribution is 0.602. The van der Waals surface area contributed by atoms with Gasteiger partial charge in [-0.15, -0.1) is 0 Å².